The van der Waals surface area contributed by atoms with E-state index in [4.69, 9.17) is 4.12 Å². The van der Waals surface area contributed by atoms with Crippen LogP contribution >= 0.6 is 0 Å². The summed E-state index contributed by atoms with van der Waals surface area (Å²) in [4.78, 5) is 0. The quantitative estimate of drug-likeness (QED) is 0.620. The third-order valence-corrected chi connectivity index (χ3v) is 15.6. The highest BCUT2D eigenvalue weighted by molar-refractivity contribution is 6.94. The van der Waals surface area contributed by atoms with Gasteiger partial charge in [-0.25, -0.2) is 0 Å². The van der Waals surface area contributed by atoms with Crippen molar-refractivity contribution in [2.75, 3.05) is 0 Å². The van der Waals surface area contributed by atoms with E-state index in [-0.39, 0.29) is 0 Å². The van der Waals surface area contributed by atoms with Crippen LogP contribution in [0.1, 0.15) is 34.6 Å². The molecule has 0 aliphatic carbocycles. The molecular weight excluding hydrogens is 264 g/mol. The summed E-state index contributed by atoms with van der Waals surface area (Å²) in [7, 11) is -3.27. The summed E-state index contributed by atoms with van der Waals surface area (Å²) in [6, 6.07) is 17.2. The SMILES string of the molecule is CC[Si](CC)(CC)O[Si](CC)(CC)c1ccccc1. The molecule has 0 saturated heterocycles. The van der Waals surface area contributed by atoms with Crippen molar-refractivity contribution < 1.29 is 4.12 Å². The summed E-state index contributed by atoms with van der Waals surface area (Å²) in [5, 5.41) is 1.49. The van der Waals surface area contributed by atoms with Gasteiger partial charge in [-0.1, -0.05) is 65.0 Å². The van der Waals surface area contributed by atoms with Gasteiger partial charge in [-0.2, -0.15) is 0 Å². The Morgan fingerprint density at radius 3 is 1.58 bits per heavy atom. The van der Waals surface area contributed by atoms with Crippen molar-refractivity contribution in [2.45, 2.75) is 64.8 Å². The Bertz CT molecular complexity index is 348. The first-order valence-corrected chi connectivity index (χ1v) is 12.7. The molecule has 1 rings (SSSR count). The lowest BCUT2D eigenvalue weighted by atomic mass is 10.4. The minimum atomic E-state index is -1.76. The van der Waals surface area contributed by atoms with Crippen molar-refractivity contribution >= 4 is 21.8 Å². The highest BCUT2D eigenvalue weighted by Gasteiger charge is 2.41. The molecule has 0 bridgehead atoms. The van der Waals surface area contributed by atoms with Crippen LogP contribution in [0.15, 0.2) is 30.3 Å². The molecule has 108 valence electrons. The second-order valence-corrected chi connectivity index (χ2v) is 14.7. The lowest BCUT2D eigenvalue weighted by molar-refractivity contribution is 0.524. The Hall–Kier alpha value is -0.386. The first kappa shape index (κ1) is 16.7. The molecule has 0 heterocycles. The zero-order valence-corrected chi connectivity index (χ0v) is 15.3. The van der Waals surface area contributed by atoms with Gasteiger partial charge in [-0.15, -0.1) is 0 Å². The van der Waals surface area contributed by atoms with Gasteiger partial charge in [0.2, 0.25) is 8.32 Å². The second-order valence-electron chi connectivity index (χ2n) is 5.41. The molecule has 1 aromatic carbocycles. The van der Waals surface area contributed by atoms with Gasteiger partial charge < -0.3 is 4.12 Å². The maximum Gasteiger partial charge on any atom is 0.211 e. The Morgan fingerprint density at radius 1 is 0.737 bits per heavy atom. The van der Waals surface area contributed by atoms with Crippen molar-refractivity contribution in [3.63, 3.8) is 0 Å². The van der Waals surface area contributed by atoms with Gasteiger partial charge >= 0.3 is 0 Å². The van der Waals surface area contributed by atoms with E-state index in [0.717, 1.165) is 0 Å². The van der Waals surface area contributed by atoms with Crippen LogP contribution < -0.4 is 5.19 Å². The Labute approximate surface area is 121 Å². The normalized spacial score (nSPS) is 12.7. The Kier molecular flexibility index (Phi) is 6.50. The number of benzene rings is 1. The zero-order valence-electron chi connectivity index (χ0n) is 13.3. The monoisotopic (exact) mass is 294 g/mol. The van der Waals surface area contributed by atoms with Gasteiger partial charge in [0.25, 0.3) is 0 Å². The maximum atomic E-state index is 7.04. The van der Waals surface area contributed by atoms with E-state index in [1.807, 2.05) is 0 Å². The summed E-state index contributed by atoms with van der Waals surface area (Å²) in [6.07, 6.45) is 0. The summed E-state index contributed by atoms with van der Waals surface area (Å²) in [6.45, 7) is 11.6. The van der Waals surface area contributed by atoms with Crippen LogP contribution in [0, 0.1) is 0 Å². The molecule has 1 aromatic rings. The molecule has 0 aliphatic rings. The van der Waals surface area contributed by atoms with E-state index in [2.05, 4.69) is 65.0 Å². The minimum Gasteiger partial charge on any atom is -0.452 e. The maximum absolute atomic E-state index is 7.04. The lowest BCUT2D eigenvalue weighted by Crippen LogP contribution is -2.57. The third-order valence-electron chi connectivity index (χ3n) is 4.79. The van der Waals surface area contributed by atoms with Crippen LogP contribution in [0.5, 0.6) is 0 Å². The van der Waals surface area contributed by atoms with Crippen molar-refractivity contribution in [2.24, 2.45) is 0 Å². The van der Waals surface area contributed by atoms with Crippen LogP contribution in [0.2, 0.25) is 30.2 Å². The van der Waals surface area contributed by atoms with Gasteiger partial charge in [0.05, 0.1) is 0 Å². The highest BCUT2D eigenvalue weighted by Crippen LogP contribution is 2.29. The van der Waals surface area contributed by atoms with E-state index < -0.39 is 16.6 Å². The predicted molar refractivity (Wildman–Crippen MR) is 91.1 cm³/mol. The first-order chi connectivity index (χ1) is 9.12. The third kappa shape index (κ3) is 3.58. The van der Waals surface area contributed by atoms with Gasteiger partial charge in [-0.05, 0) is 35.4 Å². The molecule has 0 aromatic heterocycles. The lowest BCUT2D eigenvalue weighted by Gasteiger charge is -2.41. The molecule has 0 spiro atoms. The van der Waals surface area contributed by atoms with Gasteiger partial charge in [0.1, 0.15) is 0 Å². The van der Waals surface area contributed by atoms with Gasteiger partial charge in [-0.3, -0.25) is 0 Å². The van der Waals surface area contributed by atoms with Crippen molar-refractivity contribution in [1.82, 2.24) is 0 Å². The van der Waals surface area contributed by atoms with Crippen molar-refractivity contribution in [3.8, 4) is 0 Å². The summed E-state index contributed by atoms with van der Waals surface area (Å²) in [5.74, 6) is 0. The average molecular weight is 295 g/mol. The molecule has 0 aliphatic heterocycles. The second kappa shape index (κ2) is 7.41. The molecule has 3 heteroatoms. The molecule has 19 heavy (non-hydrogen) atoms. The highest BCUT2D eigenvalue weighted by atomic mass is 28.4. The molecule has 0 unspecified atom stereocenters. The molecule has 1 nitrogen and oxygen atoms in total. The van der Waals surface area contributed by atoms with Gasteiger partial charge in [0.15, 0.2) is 8.32 Å². The summed E-state index contributed by atoms with van der Waals surface area (Å²) in [5.41, 5.74) is 0. The van der Waals surface area contributed by atoms with Gasteiger partial charge in [0, 0.05) is 0 Å². The van der Waals surface area contributed by atoms with Crippen LogP contribution in [-0.2, 0) is 4.12 Å². The summed E-state index contributed by atoms with van der Waals surface area (Å²) < 4.78 is 7.04. The van der Waals surface area contributed by atoms with Crippen LogP contribution in [0.3, 0.4) is 0 Å². The van der Waals surface area contributed by atoms with E-state index in [1.165, 1.54) is 35.4 Å². The largest absolute Gasteiger partial charge is 0.452 e. The zero-order chi connectivity index (χ0) is 14.4. The predicted octanol–water partition coefficient (Wildman–Crippen LogP) is 4.90. The standard InChI is InChI=1S/C16H30OSi2/c1-6-18(7-2,8-3)17-19(9-4,10-5)16-14-12-11-13-15-16/h11-15H,6-10H2,1-5H3. The molecule has 0 fully saturated rings. The van der Waals surface area contributed by atoms with Crippen LogP contribution in [-0.4, -0.2) is 16.6 Å². The topological polar surface area (TPSA) is 9.23 Å². The smallest absolute Gasteiger partial charge is 0.211 e. The van der Waals surface area contributed by atoms with Crippen molar-refractivity contribution in [3.05, 3.63) is 30.3 Å². The first-order valence-electron chi connectivity index (χ1n) is 7.87. The number of hydrogen-bond acceptors (Lipinski definition) is 1. The Morgan fingerprint density at radius 2 is 1.21 bits per heavy atom. The number of rotatable bonds is 8. The van der Waals surface area contributed by atoms with Crippen molar-refractivity contribution in [1.29, 1.82) is 0 Å². The fraction of sp³-hybridized carbons (Fsp3) is 0.625. The van der Waals surface area contributed by atoms with Crippen LogP contribution in [0.25, 0.3) is 0 Å². The van der Waals surface area contributed by atoms with Crippen LogP contribution in [0.4, 0.5) is 0 Å². The number of hydrogen-bond donors (Lipinski definition) is 0. The van der Waals surface area contributed by atoms with E-state index in [1.54, 1.807) is 0 Å². The molecular formula is C16H30OSi2. The minimum absolute atomic E-state index is 1.20. The van der Waals surface area contributed by atoms with E-state index >= 15 is 0 Å². The summed E-state index contributed by atoms with van der Waals surface area (Å²) >= 11 is 0. The van der Waals surface area contributed by atoms with E-state index in [9.17, 15) is 0 Å². The molecule has 0 amide bonds. The fourth-order valence-corrected chi connectivity index (χ4v) is 13.3. The molecule has 0 radical (unpaired) electrons. The van der Waals surface area contributed by atoms with E-state index in [0.29, 0.717) is 0 Å². The molecule has 0 N–H and O–H groups in total. The fourth-order valence-electron chi connectivity index (χ4n) is 2.98. The Balaban J connectivity index is 3.13. The molecule has 0 saturated carbocycles. The average Bonchev–Trinajstić information content (AvgIpc) is 2.51. The molecule has 0 atom stereocenters.